The third kappa shape index (κ3) is 10.8. The number of benzene rings is 4. The molecule has 0 amide bonds. The summed E-state index contributed by atoms with van der Waals surface area (Å²) in [7, 11) is -1.43. The summed E-state index contributed by atoms with van der Waals surface area (Å²) in [6, 6.07) is 47.8. The van der Waals surface area contributed by atoms with Crippen LogP contribution in [0.2, 0.25) is 0 Å². The zero-order valence-electron chi connectivity index (χ0n) is 21.4. The Labute approximate surface area is 256 Å². The van der Waals surface area contributed by atoms with Crippen molar-refractivity contribution in [2.45, 2.75) is 12.8 Å². The van der Waals surface area contributed by atoms with Crippen LogP contribution in [0.1, 0.15) is 12.8 Å². The van der Waals surface area contributed by atoms with E-state index in [0.29, 0.717) is 0 Å². The van der Waals surface area contributed by atoms with E-state index >= 15 is 0 Å². The molecule has 0 atom stereocenters. The van der Waals surface area contributed by atoms with E-state index in [0.717, 1.165) is 0 Å². The summed E-state index contributed by atoms with van der Waals surface area (Å²) in [6.45, 7) is 0. The Morgan fingerprint density at radius 3 is 0.923 bits per heavy atom. The standard InChI is InChI=1S/C28H28P2.C4H2N2S2.Ni/c1-5-15-25(16-6-1)29(26-17-7-2-8-18-26)23-13-14-24-30(27-19-9-3-10-20-27)28-21-11-4-12-22-28;5-1-3(7)4(8)2-6;/h1-12,15-22H,13-14,23-24H2;7-8H;/q;;+2/b;4-3-;. The van der Waals surface area contributed by atoms with Crippen LogP contribution in [0.4, 0.5) is 0 Å². The number of hydrogen-bond acceptors (Lipinski definition) is 4. The van der Waals surface area contributed by atoms with Gasteiger partial charge in [0.15, 0.2) is 0 Å². The normalized spacial score (nSPS) is 10.8. The number of unbranched alkanes of at least 4 members (excludes halogenated alkanes) is 1. The fraction of sp³-hybridized carbons (Fsp3) is 0.125. The number of nitriles is 2. The van der Waals surface area contributed by atoms with E-state index in [2.05, 4.69) is 147 Å². The van der Waals surface area contributed by atoms with Crippen LogP contribution in [0.25, 0.3) is 0 Å². The summed E-state index contributed by atoms with van der Waals surface area (Å²) in [5.41, 5.74) is 0. The SMILES string of the molecule is N#C/C([S-])=C(/[S-])C#N.[Ni+2].c1ccc([PH+](CCCC[PH+](c2ccccc2)c2ccccc2)c2ccccc2)cc1. The first-order chi connectivity index (χ1) is 18.6. The third-order valence-corrected chi connectivity index (χ3v) is 12.6. The first kappa shape index (κ1) is 32.6. The van der Waals surface area contributed by atoms with Crippen LogP contribution < -0.4 is 21.2 Å². The summed E-state index contributed by atoms with van der Waals surface area (Å²) in [6.07, 6.45) is 5.20. The molecule has 0 bridgehead atoms. The molecule has 4 aromatic carbocycles. The average Bonchev–Trinajstić information content (AvgIpc) is 3.00. The minimum absolute atomic E-state index is 0. The summed E-state index contributed by atoms with van der Waals surface area (Å²) < 4.78 is 0. The Bertz CT molecular complexity index is 1170. The van der Waals surface area contributed by atoms with Gasteiger partial charge in [0.1, 0.15) is 0 Å². The van der Waals surface area contributed by atoms with Crippen molar-refractivity contribution in [1.29, 1.82) is 10.5 Å². The van der Waals surface area contributed by atoms with Crippen LogP contribution in [0.3, 0.4) is 0 Å². The van der Waals surface area contributed by atoms with E-state index in [4.69, 9.17) is 10.5 Å². The molecule has 0 aliphatic carbocycles. The first-order valence-corrected chi connectivity index (χ1v) is 16.7. The number of allylic oxidation sites excluding steroid dienone is 2. The number of hydrogen-bond donors (Lipinski definition) is 0. The molecular formula is C32H30N2NiP2S2+2. The van der Waals surface area contributed by atoms with Crippen molar-refractivity contribution in [3.05, 3.63) is 131 Å². The molecule has 39 heavy (non-hydrogen) atoms. The Hall–Kier alpha value is -2.61. The molecule has 0 N–H and O–H groups in total. The minimum Gasteiger partial charge on any atom is -0.770 e. The van der Waals surface area contributed by atoms with Gasteiger partial charge in [-0.25, -0.2) is 0 Å². The molecule has 7 heteroatoms. The molecule has 0 unspecified atom stereocenters. The molecule has 198 valence electrons. The predicted molar refractivity (Wildman–Crippen MR) is 173 cm³/mol. The van der Waals surface area contributed by atoms with E-state index in [-0.39, 0.29) is 26.3 Å². The van der Waals surface area contributed by atoms with Gasteiger partial charge in [-0.2, -0.15) is 10.5 Å². The monoisotopic (exact) mass is 626 g/mol. The average molecular weight is 627 g/mol. The van der Waals surface area contributed by atoms with Gasteiger partial charge in [0.25, 0.3) is 0 Å². The molecular weight excluding hydrogens is 597 g/mol. The molecule has 4 rings (SSSR count). The molecule has 0 radical (unpaired) electrons. The Balaban J connectivity index is 0.000000519. The van der Waals surface area contributed by atoms with Crippen LogP contribution in [-0.2, 0) is 41.7 Å². The molecule has 0 aromatic heterocycles. The van der Waals surface area contributed by atoms with Crippen molar-refractivity contribution in [2.75, 3.05) is 12.3 Å². The molecule has 0 fully saturated rings. The van der Waals surface area contributed by atoms with Crippen molar-refractivity contribution >= 4 is 62.3 Å². The summed E-state index contributed by atoms with van der Waals surface area (Å²) in [5.74, 6) is 0. The Kier molecular flexibility index (Phi) is 15.6. The van der Waals surface area contributed by atoms with Crippen LogP contribution in [-0.4, -0.2) is 12.3 Å². The van der Waals surface area contributed by atoms with Gasteiger partial charge in [-0.1, -0.05) is 72.8 Å². The summed E-state index contributed by atoms with van der Waals surface area (Å²) in [4.78, 5) is -0.218. The van der Waals surface area contributed by atoms with E-state index in [9.17, 15) is 0 Å². The molecule has 0 saturated carbocycles. The second kappa shape index (κ2) is 18.6. The van der Waals surface area contributed by atoms with Crippen LogP contribution in [0.15, 0.2) is 131 Å². The van der Waals surface area contributed by atoms with Crippen molar-refractivity contribution in [1.82, 2.24) is 0 Å². The second-order valence-corrected chi connectivity index (χ2v) is 14.6. The molecule has 0 aliphatic rings. The number of nitrogens with zero attached hydrogens (tertiary/aromatic N) is 2. The zero-order valence-corrected chi connectivity index (χ0v) is 26.0. The molecule has 0 aliphatic heterocycles. The van der Waals surface area contributed by atoms with Gasteiger partial charge in [0, 0.05) is 0 Å². The molecule has 0 spiro atoms. The van der Waals surface area contributed by atoms with Gasteiger partial charge in [-0.05, 0) is 61.4 Å². The van der Waals surface area contributed by atoms with Crippen molar-refractivity contribution in [3.8, 4) is 12.1 Å². The van der Waals surface area contributed by atoms with Gasteiger partial charge in [-0.15, -0.1) is 9.81 Å². The maximum atomic E-state index is 8.01. The van der Waals surface area contributed by atoms with E-state index < -0.39 is 15.8 Å². The molecule has 4 aromatic rings. The van der Waals surface area contributed by atoms with E-state index in [1.165, 1.54) is 46.4 Å². The third-order valence-electron chi connectivity index (χ3n) is 6.00. The maximum Gasteiger partial charge on any atom is 2.00 e. The van der Waals surface area contributed by atoms with Gasteiger partial charge in [0.05, 0.1) is 61.5 Å². The summed E-state index contributed by atoms with van der Waals surface area (Å²) in [5, 5.41) is 22.1. The van der Waals surface area contributed by atoms with Crippen LogP contribution in [0.5, 0.6) is 0 Å². The smallest absolute Gasteiger partial charge is 0.770 e. The van der Waals surface area contributed by atoms with E-state index in [1.54, 1.807) is 12.1 Å². The quantitative estimate of drug-likeness (QED) is 0.0771. The summed E-state index contributed by atoms with van der Waals surface area (Å²) >= 11 is 8.70. The Morgan fingerprint density at radius 1 is 0.487 bits per heavy atom. The fourth-order valence-corrected chi connectivity index (χ4v) is 9.67. The molecule has 0 saturated heterocycles. The van der Waals surface area contributed by atoms with Crippen LogP contribution >= 0.6 is 15.8 Å². The number of rotatable bonds is 9. The van der Waals surface area contributed by atoms with Crippen molar-refractivity contribution < 1.29 is 16.5 Å². The Morgan fingerprint density at radius 2 is 0.718 bits per heavy atom. The maximum absolute atomic E-state index is 8.01. The topological polar surface area (TPSA) is 47.6 Å². The van der Waals surface area contributed by atoms with E-state index in [1.807, 2.05) is 0 Å². The fourth-order valence-electron chi connectivity index (χ4n) is 4.17. The second-order valence-electron chi connectivity index (χ2n) is 8.51. The molecule has 2 nitrogen and oxygen atoms in total. The van der Waals surface area contributed by atoms with Crippen LogP contribution in [0, 0.1) is 22.7 Å². The van der Waals surface area contributed by atoms with Gasteiger partial charge >= 0.3 is 16.5 Å². The molecule has 0 heterocycles. The van der Waals surface area contributed by atoms with Crippen molar-refractivity contribution in [3.63, 3.8) is 0 Å². The largest absolute Gasteiger partial charge is 2.00 e. The van der Waals surface area contributed by atoms with Gasteiger partial charge < -0.3 is 25.3 Å². The zero-order chi connectivity index (χ0) is 27.0. The predicted octanol–water partition coefficient (Wildman–Crippen LogP) is 5.83. The first-order valence-electron chi connectivity index (χ1n) is 12.5. The van der Waals surface area contributed by atoms with Crippen molar-refractivity contribution in [2.24, 2.45) is 0 Å². The van der Waals surface area contributed by atoms with Gasteiger partial charge in [-0.3, -0.25) is 0 Å². The minimum atomic E-state index is -0.714. The van der Waals surface area contributed by atoms with Gasteiger partial charge in [0.2, 0.25) is 0 Å².